The summed E-state index contributed by atoms with van der Waals surface area (Å²) in [7, 11) is 2.21. The third kappa shape index (κ3) is 4.97. The summed E-state index contributed by atoms with van der Waals surface area (Å²) < 4.78 is 0. The highest BCUT2D eigenvalue weighted by Crippen LogP contribution is 2.08. The van der Waals surface area contributed by atoms with Gasteiger partial charge < -0.3 is 10.2 Å². The minimum Gasteiger partial charge on any atom is -0.313 e. The number of rotatable bonds is 6. The van der Waals surface area contributed by atoms with Gasteiger partial charge in [-0.3, -0.25) is 0 Å². The minimum absolute atomic E-state index is 0.763. The van der Waals surface area contributed by atoms with Crippen LogP contribution in [-0.4, -0.2) is 37.6 Å². The van der Waals surface area contributed by atoms with Crippen molar-refractivity contribution in [3.8, 4) is 0 Å². The minimum atomic E-state index is 0.763. The smallest absolute Gasteiger partial charge is 0.0207 e. The molecule has 1 aliphatic heterocycles. The van der Waals surface area contributed by atoms with Gasteiger partial charge in [0.1, 0.15) is 0 Å². The van der Waals surface area contributed by atoms with Crippen molar-refractivity contribution in [2.75, 3.05) is 26.7 Å². The van der Waals surface area contributed by atoms with Crippen LogP contribution in [0, 0.1) is 5.92 Å². The van der Waals surface area contributed by atoms with Crippen LogP contribution in [0.2, 0.25) is 0 Å². The molecule has 1 saturated heterocycles. The molecule has 1 heterocycles. The second-order valence-corrected chi connectivity index (χ2v) is 5.09. The van der Waals surface area contributed by atoms with Crippen molar-refractivity contribution in [3.05, 3.63) is 0 Å². The first kappa shape index (κ1) is 12.0. The van der Waals surface area contributed by atoms with E-state index in [1.807, 2.05) is 0 Å². The number of nitrogens with zero attached hydrogens (tertiary/aromatic N) is 1. The molecule has 0 radical (unpaired) electrons. The average molecular weight is 198 g/mol. The van der Waals surface area contributed by atoms with Crippen molar-refractivity contribution in [1.29, 1.82) is 0 Å². The second-order valence-electron chi connectivity index (χ2n) is 5.09. The lowest BCUT2D eigenvalue weighted by Crippen LogP contribution is -2.32. The molecule has 1 aliphatic rings. The van der Waals surface area contributed by atoms with Gasteiger partial charge in [0.05, 0.1) is 0 Å². The number of hydrogen-bond donors (Lipinski definition) is 1. The fraction of sp³-hybridized carbons (Fsp3) is 1.00. The van der Waals surface area contributed by atoms with Crippen molar-refractivity contribution in [3.63, 3.8) is 0 Å². The molecular formula is C12H26N2. The molecule has 1 rings (SSSR count). The Bertz CT molecular complexity index is 145. The molecule has 0 aromatic rings. The molecule has 0 saturated carbocycles. The first-order valence-corrected chi connectivity index (χ1v) is 6.10. The molecule has 0 aromatic carbocycles. The van der Waals surface area contributed by atoms with Gasteiger partial charge in [-0.05, 0) is 38.9 Å². The van der Waals surface area contributed by atoms with Crippen molar-refractivity contribution >= 4 is 0 Å². The lowest BCUT2D eigenvalue weighted by molar-refractivity contribution is 0.395. The SMILES string of the molecule is CC(C)CCCCNC1CCN(C)C1. The van der Waals surface area contributed by atoms with Gasteiger partial charge in [0.2, 0.25) is 0 Å². The molecule has 14 heavy (non-hydrogen) atoms. The normalized spacial score (nSPS) is 23.6. The number of unbranched alkanes of at least 4 members (excludes halogenated alkanes) is 1. The van der Waals surface area contributed by atoms with E-state index in [1.165, 1.54) is 45.3 Å². The molecule has 0 spiro atoms. The highest BCUT2D eigenvalue weighted by atomic mass is 15.2. The fourth-order valence-electron chi connectivity index (χ4n) is 2.09. The molecule has 2 nitrogen and oxygen atoms in total. The van der Waals surface area contributed by atoms with Crippen LogP contribution in [0.3, 0.4) is 0 Å². The van der Waals surface area contributed by atoms with Crippen LogP contribution in [0.15, 0.2) is 0 Å². The van der Waals surface area contributed by atoms with Gasteiger partial charge in [0, 0.05) is 12.6 Å². The van der Waals surface area contributed by atoms with E-state index in [0.717, 1.165) is 12.0 Å². The quantitative estimate of drug-likeness (QED) is 0.658. The van der Waals surface area contributed by atoms with E-state index in [9.17, 15) is 0 Å². The lowest BCUT2D eigenvalue weighted by atomic mass is 10.1. The highest BCUT2D eigenvalue weighted by molar-refractivity contribution is 4.78. The van der Waals surface area contributed by atoms with Crippen LogP contribution in [0.1, 0.15) is 39.5 Å². The molecule has 0 aromatic heterocycles. The van der Waals surface area contributed by atoms with Crippen LogP contribution in [-0.2, 0) is 0 Å². The van der Waals surface area contributed by atoms with Gasteiger partial charge in [-0.2, -0.15) is 0 Å². The van der Waals surface area contributed by atoms with Crippen molar-refractivity contribution < 1.29 is 0 Å². The van der Waals surface area contributed by atoms with Crippen LogP contribution >= 0.6 is 0 Å². The van der Waals surface area contributed by atoms with E-state index in [4.69, 9.17) is 0 Å². The zero-order valence-corrected chi connectivity index (χ0v) is 10.1. The lowest BCUT2D eigenvalue weighted by Gasteiger charge is -2.12. The zero-order valence-electron chi connectivity index (χ0n) is 10.1. The van der Waals surface area contributed by atoms with Crippen molar-refractivity contribution in [1.82, 2.24) is 10.2 Å². The van der Waals surface area contributed by atoms with Crippen LogP contribution in [0.25, 0.3) is 0 Å². The number of hydrogen-bond acceptors (Lipinski definition) is 2. The first-order chi connectivity index (χ1) is 6.68. The Hall–Kier alpha value is -0.0800. The van der Waals surface area contributed by atoms with Crippen molar-refractivity contribution in [2.24, 2.45) is 5.92 Å². The Kier molecular flexibility index (Phi) is 5.49. The maximum atomic E-state index is 3.64. The van der Waals surface area contributed by atoms with Crippen LogP contribution in [0.5, 0.6) is 0 Å². The summed E-state index contributed by atoms with van der Waals surface area (Å²) in [5, 5.41) is 3.64. The Balaban J connectivity index is 1.89. The predicted octanol–water partition coefficient (Wildman–Crippen LogP) is 2.11. The van der Waals surface area contributed by atoms with Gasteiger partial charge in [-0.1, -0.05) is 26.7 Å². The summed E-state index contributed by atoms with van der Waals surface area (Å²) in [5.74, 6) is 0.868. The summed E-state index contributed by atoms with van der Waals surface area (Å²) in [6, 6.07) is 0.763. The molecule has 1 fully saturated rings. The topological polar surface area (TPSA) is 15.3 Å². The first-order valence-electron chi connectivity index (χ1n) is 6.10. The largest absolute Gasteiger partial charge is 0.313 e. The van der Waals surface area contributed by atoms with Gasteiger partial charge in [0.25, 0.3) is 0 Å². The Labute approximate surface area is 89.1 Å². The summed E-state index contributed by atoms with van der Waals surface area (Å²) in [4.78, 5) is 2.41. The highest BCUT2D eigenvalue weighted by Gasteiger charge is 2.17. The monoisotopic (exact) mass is 198 g/mol. The van der Waals surface area contributed by atoms with Crippen LogP contribution < -0.4 is 5.32 Å². The molecule has 1 unspecified atom stereocenters. The number of likely N-dealkylation sites (tertiary alicyclic amines) is 1. The van der Waals surface area contributed by atoms with E-state index in [2.05, 4.69) is 31.1 Å². The molecular weight excluding hydrogens is 172 g/mol. The maximum Gasteiger partial charge on any atom is 0.0207 e. The molecule has 84 valence electrons. The third-order valence-corrected chi connectivity index (χ3v) is 3.03. The second kappa shape index (κ2) is 6.41. The van der Waals surface area contributed by atoms with Gasteiger partial charge in [-0.25, -0.2) is 0 Å². The van der Waals surface area contributed by atoms with Crippen molar-refractivity contribution in [2.45, 2.75) is 45.6 Å². The molecule has 1 N–H and O–H groups in total. The zero-order chi connectivity index (χ0) is 10.4. The molecule has 0 aliphatic carbocycles. The number of likely N-dealkylation sites (N-methyl/N-ethyl adjacent to an activating group) is 1. The summed E-state index contributed by atoms with van der Waals surface area (Å²) in [6.45, 7) is 8.33. The van der Waals surface area contributed by atoms with E-state index in [1.54, 1.807) is 0 Å². The fourth-order valence-corrected chi connectivity index (χ4v) is 2.09. The molecule has 0 amide bonds. The van der Waals surface area contributed by atoms with E-state index in [-0.39, 0.29) is 0 Å². The van der Waals surface area contributed by atoms with Gasteiger partial charge in [0.15, 0.2) is 0 Å². The standard InChI is InChI=1S/C12H26N2/c1-11(2)6-4-5-8-13-12-7-9-14(3)10-12/h11-13H,4-10H2,1-3H3. The van der Waals surface area contributed by atoms with E-state index in [0.29, 0.717) is 0 Å². The Morgan fingerprint density at radius 2 is 2.14 bits per heavy atom. The van der Waals surface area contributed by atoms with E-state index >= 15 is 0 Å². The average Bonchev–Trinajstić information content (AvgIpc) is 2.50. The Morgan fingerprint density at radius 1 is 1.36 bits per heavy atom. The molecule has 1 atom stereocenters. The molecule has 2 heteroatoms. The predicted molar refractivity (Wildman–Crippen MR) is 62.6 cm³/mol. The summed E-state index contributed by atoms with van der Waals surface area (Å²) in [6.07, 6.45) is 5.44. The van der Waals surface area contributed by atoms with Crippen LogP contribution in [0.4, 0.5) is 0 Å². The van der Waals surface area contributed by atoms with E-state index < -0.39 is 0 Å². The third-order valence-electron chi connectivity index (χ3n) is 3.03. The summed E-state index contributed by atoms with van der Waals surface area (Å²) >= 11 is 0. The number of nitrogens with one attached hydrogen (secondary N) is 1. The Morgan fingerprint density at radius 3 is 2.71 bits per heavy atom. The maximum absolute atomic E-state index is 3.64. The summed E-state index contributed by atoms with van der Waals surface area (Å²) in [5.41, 5.74) is 0. The van der Waals surface area contributed by atoms with Gasteiger partial charge in [-0.15, -0.1) is 0 Å². The van der Waals surface area contributed by atoms with Gasteiger partial charge >= 0.3 is 0 Å². The molecule has 0 bridgehead atoms.